The molecule has 8 heteroatoms. The maximum atomic E-state index is 13.3. The summed E-state index contributed by atoms with van der Waals surface area (Å²) >= 11 is 0. The van der Waals surface area contributed by atoms with E-state index in [1.54, 1.807) is 31.4 Å². The van der Waals surface area contributed by atoms with Gasteiger partial charge in [0.1, 0.15) is 5.70 Å². The van der Waals surface area contributed by atoms with E-state index in [0.29, 0.717) is 35.6 Å². The number of ether oxygens (including phenoxy) is 1. The van der Waals surface area contributed by atoms with Crippen molar-refractivity contribution in [3.8, 4) is 0 Å². The third-order valence-corrected chi connectivity index (χ3v) is 5.87. The molecule has 1 saturated heterocycles. The average Bonchev–Trinajstić information content (AvgIpc) is 3.08. The number of carbonyl (C=O) groups excluding carboxylic acids is 3. The van der Waals surface area contributed by atoms with Gasteiger partial charge in [0.2, 0.25) is 5.91 Å². The first-order valence-electron chi connectivity index (χ1n) is 11.0. The molecule has 172 valence electrons. The van der Waals surface area contributed by atoms with E-state index in [1.165, 1.54) is 11.8 Å². The number of methoxy groups -OCH3 is 1. The molecular weight excluding hydrogens is 420 g/mol. The minimum absolute atomic E-state index is 0.170. The van der Waals surface area contributed by atoms with E-state index in [1.807, 2.05) is 23.1 Å². The van der Waals surface area contributed by atoms with Gasteiger partial charge in [0, 0.05) is 51.6 Å². The van der Waals surface area contributed by atoms with E-state index >= 15 is 0 Å². The number of anilines is 2. The Balaban J connectivity index is 1.62. The first-order valence-corrected chi connectivity index (χ1v) is 11.0. The Hall–Kier alpha value is -3.65. The molecule has 2 heterocycles. The largest absolute Gasteiger partial charge is 0.383 e. The van der Waals surface area contributed by atoms with Crippen molar-refractivity contribution >= 4 is 34.7 Å². The highest BCUT2D eigenvalue weighted by Gasteiger charge is 2.41. The average molecular weight is 449 g/mol. The summed E-state index contributed by atoms with van der Waals surface area (Å²) in [7, 11) is 1.55. The Morgan fingerprint density at radius 3 is 2.15 bits per heavy atom. The second kappa shape index (κ2) is 9.87. The summed E-state index contributed by atoms with van der Waals surface area (Å²) in [5.74, 6) is -0.771. The van der Waals surface area contributed by atoms with Crippen molar-refractivity contribution < 1.29 is 19.1 Å². The fraction of sp³-hybridized carbons (Fsp3) is 0.320. The van der Waals surface area contributed by atoms with Gasteiger partial charge in [-0.05, 0) is 29.8 Å². The smallest absolute Gasteiger partial charge is 0.277 e. The van der Waals surface area contributed by atoms with Gasteiger partial charge in [0.25, 0.3) is 11.8 Å². The van der Waals surface area contributed by atoms with Crippen LogP contribution in [0.25, 0.3) is 5.57 Å². The van der Waals surface area contributed by atoms with Crippen LogP contribution in [0.2, 0.25) is 0 Å². The Kier molecular flexibility index (Phi) is 6.74. The summed E-state index contributed by atoms with van der Waals surface area (Å²) in [5.41, 5.74) is 3.28. The number of nitrogens with one attached hydrogen (secondary N) is 1. The summed E-state index contributed by atoms with van der Waals surface area (Å²) < 4.78 is 5.11. The van der Waals surface area contributed by atoms with Crippen LogP contribution in [-0.4, -0.2) is 74.0 Å². The van der Waals surface area contributed by atoms with Gasteiger partial charge in [-0.1, -0.05) is 30.3 Å². The summed E-state index contributed by atoms with van der Waals surface area (Å²) in [4.78, 5) is 43.6. The Morgan fingerprint density at radius 1 is 0.909 bits per heavy atom. The van der Waals surface area contributed by atoms with Gasteiger partial charge in [0.15, 0.2) is 0 Å². The van der Waals surface area contributed by atoms with Crippen LogP contribution in [0, 0.1) is 0 Å². The highest BCUT2D eigenvalue weighted by molar-refractivity contribution is 6.35. The number of rotatable bonds is 7. The van der Waals surface area contributed by atoms with Crippen molar-refractivity contribution in [1.82, 2.24) is 9.80 Å². The molecule has 2 aliphatic heterocycles. The van der Waals surface area contributed by atoms with Crippen molar-refractivity contribution in [2.45, 2.75) is 6.92 Å². The lowest BCUT2D eigenvalue weighted by atomic mass is 10.0. The van der Waals surface area contributed by atoms with Crippen molar-refractivity contribution in [2.24, 2.45) is 0 Å². The molecule has 4 rings (SSSR count). The number of carbonyl (C=O) groups is 3. The van der Waals surface area contributed by atoms with Crippen molar-refractivity contribution in [2.75, 3.05) is 56.7 Å². The fourth-order valence-electron chi connectivity index (χ4n) is 4.25. The van der Waals surface area contributed by atoms with Crippen molar-refractivity contribution in [3.63, 3.8) is 0 Å². The number of imide groups is 1. The number of piperazine rings is 1. The van der Waals surface area contributed by atoms with Crippen molar-refractivity contribution in [1.29, 1.82) is 0 Å². The standard InChI is InChI=1S/C25H28N4O4/c1-18(30)26-20-10-8-19(9-11-20)22-23(25(32)29(24(22)31)16-17-33-2)28-14-12-27(13-15-28)21-6-4-3-5-7-21/h3-11H,12-17H2,1-2H3,(H,26,30). The van der Waals surface area contributed by atoms with Crippen LogP contribution in [0.1, 0.15) is 12.5 Å². The second-order valence-electron chi connectivity index (χ2n) is 8.05. The Morgan fingerprint density at radius 2 is 1.55 bits per heavy atom. The topological polar surface area (TPSA) is 82.2 Å². The summed E-state index contributed by atoms with van der Waals surface area (Å²) in [6.07, 6.45) is 0. The Bertz CT molecular complexity index is 1060. The summed E-state index contributed by atoms with van der Waals surface area (Å²) in [6.45, 7) is 4.69. The molecule has 2 aromatic rings. The van der Waals surface area contributed by atoms with Gasteiger partial charge < -0.3 is 19.9 Å². The summed E-state index contributed by atoms with van der Waals surface area (Å²) in [6, 6.07) is 17.2. The highest BCUT2D eigenvalue weighted by Crippen LogP contribution is 2.33. The van der Waals surface area contributed by atoms with Crippen LogP contribution in [0.5, 0.6) is 0 Å². The van der Waals surface area contributed by atoms with E-state index < -0.39 is 0 Å². The predicted octanol–water partition coefficient (Wildman–Crippen LogP) is 2.19. The first kappa shape index (κ1) is 22.5. The molecule has 0 aliphatic carbocycles. The second-order valence-corrected chi connectivity index (χ2v) is 8.05. The SMILES string of the molecule is COCCN1C(=O)C(c2ccc(NC(C)=O)cc2)=C(N2CCN(c3ccccc3)CC2)C1=O. The molecule has 0 saturated carbocycles. The molecule has 0 spiro atoms. The van der Waals surface area contributed by atoms with E-state index in [-0.39, 0.29) is 30.9 Å². The molecule has 0 bridgehead atoms. The first-order chi connectivity index (χ1) is 16.0. The lowest BCUT2D eigenvalue weighted by Crippen LogP contribution is -2.47. The molecule has 1 N–H and O–H groups in total. The van der Waals surface area contributed by atoms with Crippen LogP contribution in [0.15, 0.2) is 60.3 Å². The fourth-order valence-corrected chi connectivity index (χ4v) is 4.25. The van der Waals surface area contributed by atoms with E-state index in [4.69, 9.17) is 4.74 Å². The molecule has 0 radical (unpaired) electrons. The zero-order valence-corrected chi connectivity index (χ0v) is 18.9. The number of nitrogens with zero attached hydrogens (tertiary/aromatic N) is 3. The van der Waals surface area contributed by atoms with Gasteiger partial charge in [-0.3, -0.25) is 19.3 Å². The molecular formula is C25H28N4O4. The van der Waals surface area contributed by atoms with E-state index in [0.717, 1.165) is 18.8 Å². The third-order valence-electron chi connectivity index (χ3n) is 5.87. The normalized spacial score (nSPS) is 16.6. The van der Waals surface area contributed by atoms with Crippen LogP contribution < -0.4 is 10.2 Å². The monoisotopic (exact) mass is 448 g/mol. The number of amides is 3. The lowest BCUT2D eigenvalue weighted by Gasteiger charge is -2.37. The van der Waals surface area contributed by atoms with E-state index in [2.05, 4.69) is 22.3 Å². The molecule has 33 heavy (non-hydrogen) atoms. The van der Waals surface area contributed by atoms with Crippen LogP contribution in [-0.2, 0) is 19.1 Å². The molecule has 0 unspecified atom stereocenters. The predicted molar refractivity (Wildman–Crippen MR) is 126 cm³/mol. The molecule has 8 nitrogen and oxygen atoms in total. The summed E-state index contributed by atoms with van der Waals surface area (Å²) in [5, 5.41) is 2.72. The molecule has 2 aliphatic rings. The van der Waals surface area contributed by atoms with E-state index in [9.17, 15) is 14.4 Å². The quantitative estimate of drug-likeness (QED) is 0.654. The minimum atomic E-state index is -0.315. The van der Waals surface area contributed by atoms with Crippen molar-refractivity contribution in [3.05, 3.63) is 65.9 Å². The maximum Gasteiger partial charge on any atom is 0.277 e. The van der Waals surface area contributed by atoms with Crippen LogP contribution in [0.4, 0.5) is 11.4 Å². The minimum Gasteiger partial charge on any atom is -0.383 e. The number of benzene rings is 2. The molecule has 1 fully saturated rings. The number of para-hydroxylation sites is 1. The molecule has 0 aromatic heterocycles. The third kappa shape index (κ3) is 4.75. The van der Waals surface area contributed by atoms with Crippen LogP contribution >= 0.6 is 0 Å². The molecule has 2 aromatic carbocycles. The zero-order valence-electron chi connectivity index (χ0n) is 18.9. The number of hydrogen-bond donors (Lipinski definition) is 1. The van der Waals surface area contributed by atoms with Gasteiger partial charge in [-0.15, -0.1) is 0 Å². The van der Waals surface area contributed by atoms with Crippen LogP contribution in [0.3, 0.4) is 0 Å². The van der Waals surface area contributed by atoms with Gasteiger partial charge in [0.05, 0.1) is 18.7 Å². The highest BCUT2D eigenvalue weighted by atomic mass is 16.5. The van der Waals surface area contributed by atoms with Gasteiger partial charge in [-0.25, -0.2) is 0 Å². The lowest BCUT2D eigenvalue weighted by molar-refractivity contribution is -0.138. The zero-order chi connectivity index (χ0) is 23.4. The molecule has 0 atom stereocenters. The Labute approximate surface area is 193 Å². The molecule has 3 amide bonds. The van der Waals surface area contributed by atoms with Gasteiger partial charge >= 0.3 is 0 Å². The van der Waals surface area contributed by atoms with Gasteiger partial charge in [-0.2, -0.15) is 0 Å². The number of hydrogen-bond acceptors (Lipinski definition) is 6. The maximum absolute atomic E-state index is 13.3.